The van der Waals surface area contributed by atoms with Gasteiger partial charge < -0.3 is 28.8 Å². The van der Waals surface area contributed by atoms with Crippen LogP contribution in [0.2, 0.25) is 0 Å². The van der Waals surface area contributed by atoms with Crippen LogP contribution in [0.3, 0.4) is 0 Å². The maximum Gasteiger partial charge on any atom is 0.350 e. The molecule has 2 aliphatic carbocycles. The van der Waals surface area contributed by atoms with E-state index in [2.05, 4.69) is 0 Å². The normalized spacial score (nSPS) is 35.7. The molecule has 1 saturated heterocycles. The molecule has 2 saturated carbocycles. The van der Waals surface area contributed by atoms with Gasteiger partial charge in [0.2, 0.25) is 5.60 Å². The van der Waals surface area contributed by atoms with Crippen LogP contribution in [0.1, 0.15) is 51.9 Å². The van der Waals surface area contributed by atoms with E-state index in [1.54, 1.807) is 0 Å². The zero-order chi connectivity index (χ0) is 18.8. The Labute approximate surface area is 153 Å². The van der Waals surface area contributed by atoms with Gasteiger partial charge in [-0.05, 0) is 12.8 Å². The Morgan fingerprint density at radius 1 is 1.15 bits per heavy atom. The Bertz CT molecular complexity index is 519. The number of fused-ring (bicyclic) bond motifs is 1. The molecule has 0 aromatic heterocycles. The van der Waals surface area contributed by atoms with E-state index in [0.29, 0.717) is 0 Å². The molecular formula is C18H28O8. The van der Waals surface area contributed by atoms with Crippen molar-refractivity contribution in [2.45, 2.75) is 81.6 Å². The first-order valence-corrected chi connectivity index (χ1v) is 9.30. The first-order valence-electron chi connectivity index (χ1n) is 9.30. The summed E-state index contributed by atoms with van der Waals surface area (Å²) < 4.78 is 28.7. The number of hydrogen-bond donors (Lipinski definition) is 1. The summed E-state index contributed by atoms with van der Waals surface area (Å²) in [6.07, 6.45) is 3.72. The number of carbonyl (C=O) groups excluding carboxylic acids is 2. The van der Waals surface area contributed by atoms with Crippen LogP contribution in [0.15, 0.2) is 0 Å². The van der Waals surface area contributed by atoms with E-state index < -0.39 is 35.5 Å². The summed E-state index contributed by atoms with van der Waals surface area (Å²) in [5, 5.41) is 9.14. The molecule has 1 spiro atoms. The number of rotatable bonds is 5. The predicted octanol–water partition coefficient (Wildman–Crippen LogP) is 1.08. The quantitative estimate of drug-likeness (QED) is 0.716. The molecule has 1 N–H and O–H groups in total. The molecule has 3 rings (SSSR count). The Morgan fingerprint density at radius 3 is 2.50 bits per heavy atom. The van der Waals surface area contributed by atoms with Crippen molar-refractivity contribution >= 4 is 11.9 Å². The van der Waals surface area contributed by atoms with Crippen LogP contribution in [0, 0.1) is 0 Å². The van der Waals surface area contributed by atoms with Crippen molar-refractivity contribution in [3.05, 3.63) is 0 Å². The van der Waals surface area contributed by atoms with Crippen LogP contribution in [-0.4, -0.2) is 67.1 Å². The minimum atomic E-state index is -1.47. The van der Waals surface area contributed by atoms with Gasteiger partial charge in [-0.1, -0.05) is 6.42 Å². The van der Waals surface area contributed by atoms with Gasteiger partial charge in [0.15, 0.2) is 5.79 Å². The second kappa shape index (κ2) is 7.80. The average molecular weight is 372 g/mol. The van der Waals surface area contributed by atoms with E-state index in [0.717, 1.165) is 32.1 Å². The smallest absolute Gasteiger partial charge is 0.350 e. The molecule has 3 fully saturated rings. The minimum absolute atomic E-state index is 0.0988. The van der Waals surface area contributed by atoms with Crippen molar-refractivity contribution in [2.24, 2.45) is 0 Å². The topological polar surface area (TPSA) is 101 Å². The lowest BCUT2D eigenvalue weighted by atomic mass is 9.79. The number of aliphatic hydroxyl groups excluding tert-OH is 1. The molecule has 0 radical (unpaired) electrons. The Hall–Kier alpha value is -1.22. The Morgan fingerprint density at radius 2 is 1.88 bits per heavy atom. The molecule has 1 aliphatic heterocycles. The molecule has 0 aromatic rings. The molecule has 0 aromatic carbocycles. The summed E-state index contributed by atoms with van der Waals surface area (Å²) in [5.41, 5.74) is -1.47. The monoisotopic (exact) mass is 372 g/mol. The van der Waals surface area contributed by atoms with Crippen molar-refractivity contribution in [3.63, 3.8) is 0 Å². The van der Waals surface area contributed by atoms with Gasteiger partial charge in [0.1, 0.15) is 6.10 Å². The van der Waals surface area contributed by atoms with Gasteiger partial charge in [0.05, 0.1) is 32.5 Å². The third-order valence-electron chi connectivity index (χ3n) is 5.45. The predicted molar refractivity (Wildman–Crippen MR) is 88.1 cm³/mol. The number of methoxy groups -OCH3 is 1. The van der Waals surface area contributed by atoms with Crippen LogP contribution < -0.4 is 0 Å². The molecule has 0 unspecified atom stereocenters. The van der Waals surface area contributed by atoms with Gasteiger partial charge >= 0.3 is 11.9 Å². The average Bonchev–Trinajstić information content (AvgIpc) is 2.96. The molecule has 0 bridgehead atoms. The molecule has 8 heteroatoms. The fraction of sp³-hybridized carbons (Fsp3) is 0.889. The number of ether oxygens (including phenoxy) is 5. The number of aliphatic hydroxyl groups is 1. The van der Waals surface area contributed by atoms with Crippen LogP contribution >= 0.6 is 0 Å². The molecule has 4 atom stereocenters. The van der Waals surface area contributed by atoms with Gasteiger partial charge in [-0.15, -0.1) is 0 Å². The number of carbonyl (C=O) groups is 2. The third kappa shape index (κ3) is 3.74. The zero-order valence-electron chi connectivity index (χ0n) is 15.4. The van der Waals surface area contributed by atoms with Crippen molar-refractivity contribution in [1.82, 2.24) is 0 Å². The molecule has 26 heavy (non-hydrogen) atoms. The molecule has 8 nitrogen and oxygen atoms in total. The number of hydrogen-bond acceptors (Lipinski definition) is 8. The fourth-order valence-electron chi connectivity index (χ4n) is 4.45. The highest BCUT2D eigenvalue weighted by atomic mass is 16.8. The molecule has 3 aliphatic rings. The van der Waals surface area contributed by atoms with E-state index in [9.17, 15) is 9.59 Å². The highest BCUT2D eigenvalue weighted by Gasteiger charge is 2.61. The first kappa shape index (κ1) is 19.5. The van der Waals surface area contributed by atoms with Crippen molar-refractivity contribution in [3.8, 4) is 0 Å². The Balaban J connectivity index is 1.87. The lowest BCUT2D eigenvalue weighted by Crippen LogP contribution is -2.58. The standard InChI is InChI=1S/C18H28O8/c1-12(20)24-17(16(21)22-2)10-13(23-9-8-19)15-14(11-17)25-18(26-15)6-4-3-5-7-18/h13-15,19H,3-11H2,1-2H3/t13-,14-,15+,17-/m1/s1. The summed E-state index contributed by atoms with van der Waals surface area (Å²) >= 11 is 0. The van der Waals surface area contributed by atoms with Crippen LogP contribution in [0.5, 0.6) is 0 Å². The summed E-state index contributed by atoms with van der Waals surface area (Å²) in [6.45, 7) is 1.20. The maximum atomic E-state index is 12.5. The minimum Gasteiger partial charge on any atom is -0.466 e. The van der Waals surface area contributed by atoms with Crippen molar-refractivity contribution in [2.75, 3.05) is 20.3 Å². The second-order valence-corrected chi connectivity index (χ2v) is 7.33. The fourth-order valence-corrected chi connectivity index (χ4v) is 4.45. The maximum absolute atomic E-state index is 12.5. The van der Waals surface area contributed by atoms with Gasteiger partial charge in [-0.3, -0.25) is 4.79 Å². The van der Waals surface area contributed by atoms with Gasteiger partial charge in [-0.2, -0.15) is 0 Å². The van der Waals surface area contributed by atoms with Crippen molar-refractivity contribution < 1.29 is 38.4 Å². The summed E-state index contributed by atoms with van der Waals surface area (Å²) in [7, 11) is 1.26. The highest BCUT2D eigenvalue weighted by molar-refractivity contribution is 5.83. The third-order valence-corrected chi connectivity index (χ3v) is 5.45. The lowest BCUT2D eigenvalue weighted by Gasteiger charge is -2.41. The second-order valence-electron chi connectivity index (χ2n) is 7.33. The first-order chi connectivity index (χ1) is 12.4. The molecular weight excluding hydrogens is 344 g/mol. The van der Waals surface area contributed by atoms with E-state index in [4.69, 9.17) is 28.8 Å². The van der Waals surface area contributed by atoms with Crippen LogP contribution in [0.25, 0.3) is 0 Å². The Kier molecular flexibility index (Phi) is 5.86. The molecule has 148 valence electrons. The van der Waals surface area contributed by atoms with E-state index in [1.807, 2.05) is 0 Å². The van der Waals surface area contributed by atoms with E-state index in [-0.39, 0.29) is 32.2 Å². The zero-order valence-corrected chi connectivity index (χ0v) is 15.4. The lowest BCUT2D eigenvalue weighted by molar-refractivity contribution is -0.203. The van der Waals surface area contributed by atoms with Crippen molar-refractivity contribution in [1.29, 1.82) is 0 Å². The number of esters is 2. The highest BCUT2D eigenvalue weighted by Crippen LogP contribution is 2.48. The van der Waals surface area contributed by atoms with Gasteiger partial charge in [0.25, 0.3) is 0 Å². The SMILES string of the molecule is COC(=O)[C@@]1(OC(C)=O)C[C@@H](OCCO)[C@@H]2OC3(CCCCC3)O[C@@H]2C1. The summed E-state index contributed by atoms with van der Waals surface area (Å²) in [5.74, 6) is -1.85. The summed E-state index contributed by atoms with van der Waals surface area (Å²) in [4.78, 5) is 24.2. The van der Waals surface area contributed by atoms with E-state index in [1.165, 1.54) is 14.0 Å². The van der Waals surface area contributed by atoms with Crippen LogP contribution in [-0.2, 0) is 33.3 Å². The summed E-state index contributed by atoms with van der Waals surface area (Å²) in [6, 6.07) is 0. The van der Waals surface area contributed by atoms with Crippen LogP contribution in [0.4, 0.5) is 0 Å². The van der Waals surface area contributed by atoms with Gasteiger partial charge in [0, 0.05) is 32.6 Å². The molecule has 0 amide bonds. The molecule has 1 heterocycles. The van der Waals surface area contributed by atoms with Gasteiger partial charge in [-0.25, -0.2) is 4.79 Å². The largest absolute Gasteiger partial charge is 0.466 e. The van der Waals surface area contributed by atoms with E-state index >= 15 is 0 Å².